The summed E-state index contributed by atoms with van der Waals surface area (Å²) in [5, 5.41) is 1.31. The van der Waals surface area contributed by atoms with Crippen molar-refractivity contribution in [1.82, 2.24) is 15.9 Å². The molecule has 2 rings (SSSR count). The summed E-state index contributed by atoms with van der Waals surface area (Å²) in [6.45, 7) is 12.7. The SMILES string of the molecule is CC(C)C[C@@H](C(=O)NN(CCC(C)(C)C)C(=O)[C@@H](C)N)[C@H](CC=Cc1ccccc1)C(=O)NOC1CCCCO1. The van der Waals surface area contributed by atoms with Crippen LogP contribution in [0.5, 0.6) is 0 Å². The maximum atomic E-state index is 13.8. The second kappa shape index (κ2) is 16.5. The number of benzene rings is 1. The van der Waals surface area contributed by atoms with Crippen LogP contribution in [0.1, 0.15) is 85.6 Å². The van der Waals surface area contributed by atoms with Gasteiger partial charge in [-0.05, 0) is 55.9 Å². The van der Waals surface area contributed by atoms with Gasteiger partial charge in [0.2, 0.25) is 11.8 Å². The standard InChI is InChI=1S/C31H50N4O5/c1-22(2)21-26(28(36)33-35(30(38)23(3)32)19-18-31(4,5)6)25(16-12-15-24-13-8-7-9-14-24)29(37)34-40-27-17-10-11-20-39-27/h7-9,12-15,22-23,25-27H,10-11,16-21,32H2,1-6H3,(H,33,36)(H,34,37)/t23-,25+,26-,27?/m1/s1. The number of nitrogens with one attached hydrogen (secondary N) is 2. The van der Waals surface area contributed by atoms with Gasteiger partial charge in [0, 0.05) is 19.6 Å². The zero-order chi connectivity index (χ0) is 29.7. The van der Waals surface area contributed by atoms with Gasteiger partial charge in [0.15, 0.2) is 6.29 Å². The summed E-state index contributed by atoms with van der Waals surface area (Å²) >= 11 is 0. The van der Waals surface area contributed by atoms with E-state index in [1.165, 1.54) is 5.01 Å². The molecule has 1 heterocycles. The van der Waals surface area contributed by atoms with Gasteiger partial charge in [-0.2, -0.15) is 0 Å². The lowest BCUT2D eigenvalue weighted by Crippen LogP contribution is -2.55. The predicted octanol–water partition coefficient (Wildman–Crippen LogP) is 4.59. The van der Waals surface area contributed by atoms with Crippen molar-refractivity contribution in [3.63, 3.8) is 0 Å². The highest BCUT2D eigenvalue weighted by atomic mass is 16.8. The monoisotopic (exact) mass is 558 g/mol. The first-order valence-electron chi connectivity index (χ1n) is 14.5. The molecule has 0 spiro atoms. The Balaban J connectivity index is 2.29. The minimum Gasteiger partial charge on any atom is -0.350 e. The Hall–Kier alpha value is -2.75. The molecule has 224 valence electrons. The van der Waals surface area contributed by atoms with Crippen LogP contribution in [0.3, 0.4) is 0 Å². The van der Waals surface area contributed by atoms with Crippen molar-refractivity contribution in [3.05, 3.63) is 42.0 Å². The third-order valence-corrected chi connectivity index (χ3v) is 6.80. The van der Waals surface area contributed by atoms with Gasteiger partial charge in [0.1, 0.15) is 0 Å². The van der Waals surface area contributed by atoms with Crippen LogP contribution in [-0.4, -0.2) is 48.2 Å². The first-order valence-corrected chi connectivity index (χ1v) is 14.5. The van der Waals surface area contributed by atoms with Crippen LogP contribution in [0.25, 0.3) is 6.08 Å². The van der Waals surface area contributed by atoms with Crippen LogP contribution >= 0.6 is 0 Å². The number of hydrazine groups is 1. The lowest BCUT2D eigenvalue weighted by Gasteiger charge is -2.32. The van der Waals surface area contributed by atoms with Gasteiger partial charge in [-0.15, -0.1) is 0 Å². The zero-order valence-electron chi connectivity index (χ0n) is 25.2. The molecule has 0 bridgehead atoms. The fraction of sp³-hybridized carbons (Fsp3) is 0.645. The molecule has 0 aliphatic carbocycles. The highest BCUT2D eigenvalue weighted by Crippen LogP contribution is 2.27. The number of carbonyl (C=O) groups excluding carboxylic acids is 3. The summed E-state index contributed by atoms with van der Waals surface area (Å²) in [7, 11) is 0. The molecule has 1 aliphatic heterocycles. The summed E-state index contributed by atoms with van der Waals surface area (Å²) in [5.41, 5.74) is 12.2. The van der Waals surface area contributed by atoms with E-state index in [2.05, 4.69) is 31.7 Å². The molecule has 1 unspecified atom stereocenters. The van der Waals surface area contributed by atoms with Gasteiger partial charge in [0.25, 0.3) is 5.91 Å². The van der Waals surface area contributed by atoms with Crippen molar-refractivity contribution in [2.45, 2.75) is 92.4 Å². The van der Waals surface area contributed by atoms with E-state index in [0.717, 1.165) is 18.4 Å². The van der Waals surface area contributed by atoms with Crippen LogP contribution in [-0.2, 0) is 24.0 Å². The Kier molecular flexibility index (Phi) is 13.8. The molecule has 40 heavy (non-hydrogen) atoms. The van der Waals surface area contributed by atoms with Gasteiger partial charge in [-0.25, -0.2) is 10.3 Å². The minimum absolute atomic E-state index is 0.0540. The molecule has 4 atom stereocenters. The third kappa shape index (κ3) is 12.2. The van der Waals surface area contributed by atoms with Gasteiger partial charge < -0.3 is 10.5 Å². The van der Waals surface area contributed by atoms with E-state index in [9.17, 15) is 14.4 Å². The summed E-state index contributed by atoms with van der Waals surface area (Å²) < 4.78 is 5.59. The van der Waals surface area contributed by atoms with Crippen molar-refractivity contribution in [1.29, 1.82) is 0 Å². The quantitative estimate of drug-likeness (QED) is 0.305. The maximum absolute atomic E-state index is 13.8. The second-order valence-corrected chi connectivity index (χ2v) is 12.3. The fourth-order valence-electron chi connectivity index (χ4n) is 4.46. The van der Waals surface area contributed by atoms with Crippen molar-refractivity contribution in [2.24, 2.45) is 28.9 Å². The number of amides is 3. The average molecular weight is 559 g/mol. The molecule has 0 saturated carbocycles. The molecule has 1 aromatic carbocycles. The number of ether oxygens (including phenoxy) is 1. The maximum Gasteiger partial charge on any atom is 0.257 e. The molecule has 9 heteroatoms. The van der Waals surface area contributed by atoms with Crippen molar-refractivity contribution in [2.75, 3.05) is 13.2 Å². The summed E-state index contributed by atoms with van der Waals surface area (Å²) in [4.78, 5) is 45.9. The number of rotatable bonds is 13. The highest BCUT2D eigenvalue weighted by molar-refractivity contribution is 5.89. The topological polar surface area (TPSA) is 123 Å². The molecule has 1 aromatic rings. The zero-order valence-corrected chi connectivity index (χ0v) is 25.2. The molecule has 4 N–H and O–H groups in total. The lowest BCUT2D eigenvalue weighted by molar-refractivity contribution is -0.203. The first kappa shape index (κ1) is 33.5. The molecular weight excluding hydrogens is 508 g/mol. The number of allylic oxidation sites excluding steroid dienone is 1. The van der Waals surface area contributed by atoms with Crippen LogP contribution in [0, 0.1) is 23.2 Å². The molecule has 9 nitrogen and oxygen atoms in total. The molecule has 1 aliphatic rings. The Morgan fingerprint density at radius 1 is 1.10 bits per heavy atom. The van der Waals surface area contributed by atoms with E-state index in [1.54, 1.807) is 6.92 Å². The van der Waals surface area contributed by atoms with Crippen LogP contribution in [0.2, 0.25) is 0 Å². The van der Waals surface area contributed by atoms with E-state index in [1.807, 2.05) is 56.3 Å². The first-order chi connectivity index (χ1) is 18.9. The van der Waals surface area contributed by atoms with E-state index >= 15 is 0 Å². The largest absolute Gasteiger partial charge is 0.350 e. The van der Waals surface area contributed by atoms with E-state index < -0.39 is 36.0 Å². The van der Waals surface area contributed by atoms with E-state index in [-0.39, 0.29) is 17.2 Å². The fourth-order valence-corrected chi connectivity index (χ4v) is 4.46. The molecule has 0 aromatic heterocycles. The number of hydrogen-bond acceptors (Lipinski definition) is 6. The predicted molar refractivity (Wildman–Crippen MR) is 157 cm³/mol. The highest BCUT2D eigenvalue weighted by Gasteiger charge is 2.36. The second-order valence-electron chi connectivity index (χ2n) is 12.3. The molecule has 1 saturated heterocycles. The number of nitrogens with zero attached hydrogens (tertiary/aromatic N) is 1. The Morgan fingerprint density at radius 3 is 2.38 bits per heavy atom. The molecule has 1 fully saturated rings. The number of carbonyl (C=O) groups is 3. The molecular formula is C31H50N4O5. The van der Waals surface area contributed by atoms with Crippen LogP contribution in [0.15, 0.2) is 36.4 Å². The number of nitrogens with two attached hydrogens (primary N) is 1. The number of hydrogen-bond donors (Lipinski definition) is 3. The Morgan fingerprint density at radius 2 is 1.80 bits per heavy atom. The van der Waals surface area contributed by atoms with E-state index in [4.69, 9.17) is 15.3 Å². The van der Waals surface area contributed by atoms with Crippen molar-refractivity contribution >= 4 is 23.8 Å². The van der Waals surface area contributed by atoms with Crippen LogP contribution in [0.4, 0.5) is 0 Å². The molecule has 3 amide bonds. The van der Waals surface area contributed by atoms with Crippen molar-refractivity contribution < 1.29 is 24.0 Å². The third-order valence-electron chi connectivity index (χ3n) is 6.80. The number of hydroxylamine groups is 1. The van der Waals surface area contributed by atoms with E-state index in [0.29, 0.717) is 38.8 Å². The van der Waals surface area contributed by atoms with Gasteiger partial charge in [-0.1, -0.05) is 77.1 Å². The van der Waals surface area contributed by atoms with Crippen LogP contribution < -0.4 is 16.6 Å². The minimum atomic E-state index is -0.777. The molecule has 0 radical (unpaired) electrons. The normalized spacial score (nSPS) is 18.2. The Labute approximate surface area is 240 Å². The smallest absolute Gasteiger partial charge is 0.257 e. The summed E-state index contributed by atoms with van der Waals surface area (Å²) in [6, 6.07) is 8.99. The van der Waals surface area contributed by atoms with Gasteiger partial charge in [0.05, 0.1) is 17.9 Å². The average Bonchev–Trinajstić information content (AvgIpc) is 2.91. The van der Waals surface area contributed by atoms with Gasteiger partial charge >= 0.3 is 0 Å². The Bertz CT molecular complexity index is 952. The summed E-state index contributed by atoms with van der Waals surface area (Å²) in [6.07, 6.45) is 7.37. The van der Waals surface area contributed by atoms with Gasteiger partial charge in [-0.3, -0.25) is 24.8 Å². The lowest BCUT2D eigenvalue weighted by atomic mass is 9.82. The summed E-state index contributed by atoms with van der Waals surface area (Å²) in [5.74, 6) is -2.48. The van der Waals surface area contributed by atoms with Crippen molar-refractivity contribution in [3.8, 4) is 0 Å².